The smallest absolute Gasteiger partial charge is 0.119 e. The fraction of sp³-hybridized carbons (Fsp3) is 0.385. The van der Waals surface area contributed by atoms with Gasteiger partial charge in [-0.25, -0.2) is 4.68 Å². The zero-order valence-corrected chi connectivity index (χ0v) is 10.7. The van der Waals surface area contributed by atoms with Gasteiger partial charge < -0.3 is 15.2 Å². The van der Waals surface area contributed by atoms with Gasteiger partial charge >= 0.3 is 0 Å². The molecule has 0 aliphatic heterocycles. The molecule has 0 atom stereocenters. The van der Waals surface area contributed by atoms with Gasteiger partial charge in [-0.15, -0.1) is 5.10 Å². The molecule has 1 aromatic carbocycles. The average molecular weight is 262 g/mol. The highest BCUT2D eigenvalue weighted by molar-refractivity contribution is 5.20. The molecule has 0 spiro atoms. The van der Waals surface area contributed by atoms with E-state index in [0.29, 0.717) is 19.7 Å². The van der Waals surface area contributed by atoms with Crippen LogP contribution in [0.2, 0.25) is 0 Å². The number of aliphatic hydroxyl groups excluding tert-OH is 1. The lowest BCUT2D eigenvalue weighted by molar-refractivity contribution is 0.268. The second kappa shape index (κ2) is 7.50. The Morgan fingerprint density at radius 3 is 2.89 bits per heavy atom. The molecule has 2 aromatic rings. The van der Waals surface area contributed by atoms with Gasteiger partial charge in [-0.2, -0.15) is 0 Å². The van der Waals surface area contributed by atoms with Gasteiger partial charge in [0.1, 0.15) is 12.4 Å². The molecule has 1 heterocycles. The molecule has 19 heavy (non-hydrogen) atoms. The van der Waals surface area contributed by atoms with Crippen LogP contribution in [0.4, 0.5) is 0 Å². The summed E-state index contributed by atoms with van der Waals surface area (Å²) in [5, 5.41) is 19.9. The van der Waals surface area contributed by atoms with Gasteiger partial charge in [0, 0.05) is 19.3 Å². The summed E-state index contributed by atoms with van der Waals surface area (Å²) in [5.41, 5.74) is 0.855. The Bertz CT molecular complexity index is 473. The van der Waals surface area contributed by atoms with Crippen molar-refractivity contribution in [3.05, 3.63) is 42.2 Å². The fourth-order valence-corrected chi connectivity index (χ4v) is 1.61. The number of rotatable bonds is 8. The Morgan fingerprint density at radius 1 is 1.26 bits per heavy atom. The third kappa shape index (κ3) is 4.69. The second-order valence-corrected chi connectivity index (χ2v) is 4.03. The van der Waals surface area contributed by atoms with Crippen molar-refractivity contribution in [3.8, 4) is 5.75 Å². The van der Waals surface area contributed by atoms with Crippen LogP contribution >= 0.6 is 0 Å². The number of ether oxygens (including phenoxy) is 1. The third-order valence-corrected chi connectivity index (χ3v) is 2.51. The molecule has 0 aliphatic rings. The maximum atomic E-state index is 8.76. The molecular weight excluding hydrogens is 244 g/mol. The highest BCUT2D eigenvalue weighted by Crippen LogP contribution is 2.07. The molecular formula is C13H18N4O2. The van der Waals surface area contributed by atoms with Crippen LogP contribution in [-0.4, -0.2) is 39.9 Å². The number of hydrogen-bond acceptors (Lipinski definition) is 5. The lowest BCUT2D eigenvalue weighted by Gasteiger charge is -2.06. The molecule has 6 nitrogen and oxygen atoms in total. The molecule has 0 bridgehead atoms. The Hall–Kier alpha value is -1.92. The summed E-state index contributed by atoms with van der Waals surface area (Å²) in [6, 6.07) is 9.71. The van der Waals surface area contributed by atoms with Crippen molar-refractivity contribution in [1.29, 1.82) is 0 Å². The van der Waals surface area contributed by atoms with Crippen molar-refractivity contribution < 1.29 is 9.84 Å². The monoisotopic (exact) mass is 262 g/mol. The standard InChI is InChI=1S/C13H18N4O2/c18-8-7-17-11-12(15-16-17)10-14-6-9-19-13-4-2-1-3-5-13/h1-5,11,14,18H,6-10H2. The van der Waals surface area contributed by atoms with E-state index in [1.165, 1.54) is 0 Å². The van der Waals surface area contributed by atoms with Crippen molar-refractivity contribution >= 4 is 0 Å². The largest absolute Gasteiger partial charge is 0.492 e. The van der Waals surface area contributed by atoms with E-state index in [2.05, 4.69) is 15.6 Å². The summed E-state index contributed by atoms with van der Waals surface area (Å²) in [6.45, 7) is 2.53. The first-order valence-corrected chi connectivity index (χ1v) is 6.27. The lowest BCUT2D eigenvalue weighted by Crippen LogP contribution is -2.20. The molecule has 0 amide bonds. The third-order valence-electron chi connectivity index (χ3n) is 2.51. The quantitative estimate of drug-likeness (QED) is 0.675. The van der Waals surface area contributed by atoms with Crippen LogP contribution in [0.15, 0.2) is 36.5 Å². The van der Waals surface area contributed by atoms with Gasteiger partial charge in [-0.05, 0) is 12.1 Å². The average Bonchev–Trinajstić information content (AvgIpc) is 2.88. The molecule has 102 valence electrons. The zero-order chi connectivity index (χ0) is 13.3. The molecule has 0 fully saturated rings. The lowest BCUT2D eigenvalue weighted by atomic mass is 10.3. The first kappa shape index (κ1) is 13.5. The van der Waals surface area contributed by atoms with Crippen molar-refractivity contribution in [1.82, 2.24) is 20.3 Å². The van der Waals surface area contributed by atoms with Crippen molar-refractivity contribution in [2.75, 3.05) is 19.8 Å². The van der Waals surface area contributed by atoms with Crippen molar-refractivity contribution in [3.63, 3.8) is 0 Å². The van der Waals surface area contributed by atoms with E-state index in [4.69, 9.17) is 9.84 Å². The molecule has 1 aromatic heterocycles. The fourth-order valence-electron chi connectivity index (χ4n) is 1.61. The van der Waals surface area contributed by atoms with Gasteiger partial charge in [0.25, 0.3) is 0 Å². The predicted molar refractivity (Wildman–Crippen MR) is 70.8 cm³/mol. The second-order valence-electron chi connectivity index (χ2n) is 4.03. The molecule has 0 aliphatic carbocycles. The van der Waals surface area contributed by atoms with Crippen LogP contribution in [0.3, 0.4) is 0 Å². The summed E-state index contributed by atoms with van der Waals surface area (Å²) in [7, 11) is 0. The van der Waals surface area contributed by atoms with E-state index in [0.717, 1.165) is 18.0 Å². The zero-order valence-electron chi connectivity index (χ0n) is 10.7. The molecule has 0 saturated carbocycles. The number of aromatic nitrogens is 3. The molecule has 6 heteroatoms. The number of nitrogens with zero attached hydrogens (tertiary/aromatic N) is 3. The van der Waals surface area contributed by atoms with Crippen LogP contribution in [0.25, 0.3) is 0 Å². The van der Waals surface area contributed by atoms with Crippen LogP contribution in [-0.2, 0) is 13.1 Å². The Balaban J connectivity index is 1.61. The highest BCUT2D eigenvalue weighted by Gasteiger charge is 1.99. The Kier molecular flexibility index (Phi) is 5.33. The van der Waals surface area contributed by atoms with Gasteiger partial charge in [-0.1, -0.05) is 23.4 Å². The number of hydrogen-bond donors (Lipinski definition) is 2. The maximum Gasteiger partial charge on any atom is 0.119 e. The Labute approximate surface area is 112 Å². The van der Waals surface area contributed by atoms with Gasteiger partial charge in [0.2, 0.25) is 0 Å². The van der Waals surface area contributed by atoms with Crippen LogP contribution < -0.4 is 10.1 Å². The van der Waals surface area contributed by atoms with Crippen molar-refractivity contribution in [2.24, 2.45) is 0 Å². The van der Waals surface area contributed by atoms with E-state index >= 15 is 0 Å². The summed E-state index contributed by atoms with van der Waals surface area (Å²) in [5.74, 6) is 0.873. The molecule has 0 radical (unpaired) electrons. The SMILES string of the molecule is OCCn1cc(CNCCOc2ccccc2)nn1. The number of nitrogens with one attached hydrogen (secondary N) is 1. The molecule has 2 rings (SSSR count). The van der Waals surface area contributed by atoms with Crippen LogP contribution in [0, 0.1) is 0 Å². The normalized spacial score (nSPS) is 10.6. The van der Waals surface area contributed by atoms with E-state index in [-0.39, 0.29) is 6.61 Å². The summed E-state index contributed by atoms with van der Waals surface area (Å²) in [4.78, 5) is 0. The minimum absolute atomic E-state index is 0.0706. The molecule has 0 unspecified atom stereocenters. The summed E-state index contributed by atoms with van der Waals surface area (Å²) < 4.78 is 7.17. The number of aliphatic hydroxyl groups is 1. The first-order valence-electron chi connectivity index (χ1n) is 6.27. The van der Waals surface area contributed by atoms with Gasteiger partial charge in [0.15, 0.2) is 0 Å². The number of benzene rings is 1. The molecule has 2 N–H and O–H groups in total. The Morgan fingerprint density at radius 2 is 2.11 bits per heavy atom. The van der Waals surface area contributed by atoms with E-state index in [1.54, 1.807) is 4.68 Å². The summed E-state index contributed by atoms with van der Waals surface area (Å²) >= 11 is 0. The topological polar surface area (TPSA) is 72.2 Å². The predicted octanol–water partition coefficient (Wildman–Crippen LogP) is 0.439. The highest BCUT2D eigenvalue weighted by atomic mass is 16.5. The maximum absolute atomic E-state index is 8.76. The van der Waals surface area contributed by atoms with E-state index in [9.17, 15) is 0 Å². The van der Waals surface area contributed by atoms with Gasteiger partial charge in [-0.3, -0.25) is 0 Å². The minimum atomic E-state index is 0.0706. The molecule has 0 saturated heterocycles. The van der Waals surface area contributed by atoms with E-state index < -0.39 is 0 Å². The van der Waals surface area contributed by atoms with Crippen molar-refractivity contribution in [2.45, 2.75) is 13.1 Å². The first-order chi connectivity index (χ1) is 9.38. The number of para-hydroxylation sites is 1. The summed E-state index contributed by atoms with van der Waals surface area (Å²) in [6.07, 6.45) is 1.82. The van der Waals surface area contributed by atoms with E-state index in [1.807, 2.05) is 36.5 Å². The minimum Gasteiger partial charge on any atom is -0.492 e. The van der Waals surface area contributed by atoms with Crippen LogP contribution in [0.5, 0.6) is 5.75 Å². The van der Waals surface area contributed by atoms with Crippen LogP contribution in [0.1, 0.15) is 5.69 Å². The van der Waals surface area contributed by atoms with Gasteiger partial charge in [0.05, 0.1) is 18.8 Å².